The quantitative estimate of drug-likeness (QED) is 0.375. The Bertz CT molecular complexity index is 1470. The minimum atomic E-state index is -3.94. The van der Waals surface area contributed by atoms with Crippen LogP contribution in [0, 0.1) is 6.92 Å². The highest BCUT2D eigenvalue weighted by Crippen LogP contribution is 2.30. The Labute approximate surface area is 217 Å². The van der Waals surface area contributed by atoms with E-state index in [2.05, 4.69) is 10.0 Å². The van der Waals surface area contributed by atoms with Gasteiger partial charge in [0.2, 0.25) is 15.9 Å². The van der Waals surface area contributed by atoms with Crippen molar-refractivity contribution in [2.24, 2.45) is 0 Å². The number of hydrogen-bond donors (Lipinski definition) is 2. The van der Waals surface area contributed by atoms with Gasteiger partial charge in [0.15, 0.2) is 0 Å². The highest BCUT2D eigenvalue weighted by atomic mass is 32.2. The summed E-state index contributed by atoms with van der Waals surface area (Å²) >= 11 is 0. The second kappa shape index (κ2) is 11.5. The number of ether oxygens (including phenoxy) is 2. The van der Waals surface area contributed by atoms with E-state index in [0.29, 0.717) is 29.5 Å². The van der Waals surface area contributed by atoms with E-state index < -0.39 is 32.5 Å². The normalized spacial score (nSPS) is 11.5. The summed E-state index contributed by atoms with van der Waals surface area (Å²) in [5.41, 5.74) is 1.68. The van der Waals surface area contributed by atoms with Crippen LogP contribution in [0.5, 0.6) is 11.5 Å². The molecule has 0 bridgehead atoms. The SMILES string of the molecule is CCOc1ccccc1N(CC(=O)Nc1ccc(S(=O)(=O)Nc2cc(C)ccc2OC)cc1)S(C)(=O)=O. The van der Waals surface area contributed by atoms with Gasteiger partial charge in [0.25, 0.3) is 10.0 Å². The van der Waals surface area contributed by atoms with Gasteiger partial charge in [0.05, 0.1) is 36.2 Å². The molecule has 0 aliphatic carbocycles. The maximum Gasteiger partial charge on any atom is 0.262 e. The van der Waals surface area contributed by atoms with Crippen molar-refractivity contribution in [2.45, 2.75) is 18.7 Å². The van der Waals surface area contributed by atoms with Crippen molar-refractivity contribution in [1.29, 1.82) is 0 Å². The summed E-state index contributed by atoms with van der Waals surface area (Å²) in [4.78, 5) is 12.7. The standard InChI is InChI=1S/C25H29N3O7S2/c1-5-35-24-9-7-6-8-22(24)28(36(4,30)31)17-25(29)26-19-11-13-20(14-12-19)37(32,33)27-21-16-18(2)10-15-23(21)34-3/h6-16,27H,5,17H2,1-4H3,(H,26,29). The fourth-order valence-electron chi connectivity index (χ4n) is 3.48. The van der Waals surface area contributed by atoms with Crippen molar-refractivity contribution < 1.29 is 31.1 Å². The second-order valence-electron chi connectivity index (χ2n) is 8.05. The first-order valence-electron chi connectivity index (χ1n) is 11.2. The smallest absolute Gasteiger partial charge is 0.262 e. The third kappa shape index (κ3) is 7.14. The summed E-state index contributed by atoms with van der Waals surface area (Å²) < 4.78 is 64.9. The molecule has 0 aromatic heterocycles. The van der Waals surface area contributed by atoms with Crippen LogP contribution in [0.2, 0.25) is 0 Å². The lowest BCUT2D eigenvalue weighted by molar-refractivity contribution is -0.114. The predicted molar refractivity (Wildman–Crippen MR) is 143 cm³/mol. The fourth-order valence-corrected chi connectivity index (χ4v) is 5.40. The zero-order chi connectivity index (χ0) is 27.2. The zero-order valence-corrected chi connectivity index (χ0v) is 22.5. The molecular weight excluding hydrogens is 518 g/mol. The summed E-state index contributed by atoms with van der Waals surface area (Å²) in [6.45, 7) is 3.42. The molecule has 0 spiro atoms. The predicted octanol–water partition coefficient (Wildman–Crippen LogP) is 3.61. The molecule has 0 heterocycles. The number of benzene rings is 3. The molecule has 198 valence electrons. The summed E-state index contributed by atoms with van der Waals surface area (Å²) in [6.07, 6.45) is 0.999. The number of para-hydroxylation sites is 2. The molecule has 0 radical (unpaired) electrons. The number of amides is 1. The number of aryl methyl sites for hydroxylation is 1. The van der Waals surface area contributed by atoms with E-state index >= 15 is 0 Å². The molecule has 12 heteroatoms. The maximum atomic E-state index is 12.9. The number of nitrogens with zero attached hydrogens (tertiary/aromatic N) is 1. The van der Waals surface area contributed by atoms with Gasteiger partial charge in [0, 0.05) is 5.69 Å². The molecule has 0 saturated carbocycles. The molecule has 0 aliphatic heterocycles. The summed E-state index contributed by atoms with van der Waals surface area (Å²) in [7, 11) is -6.31. The van der Waals surface area contributed by atoms with E-state index in [1.165, 1.54) is 31.4 Å². The Balaban J connectivity index is 1.76. The minimum Gasteiger partial charge on any atom is -0.495 e. The van der Waals surface area contributed by atoms with E-state index in [1.54, 1.807) is 49.4 Å². The number of nitrogens with one attached hydrogen (secondary N) is 2. The van der Waals surface area contributed by atoms with E-state index in [1.807, 2.05) is 6.92 Å². The van der Waals surface area contributed by atoms with Crippen molar-refractivity contribution in [3.63, 3.8) is 0 Å². The largest absolute Gasteiger partial charge is 0.495 e. The average Bonchev–Trinajstić information content (AvgIpc) is 2.83. The van der Waals surface area contributed by atoms with Gasteiger partial charge in [-0.25, -0.2) is 16.8 Å². The summed E-state index contributed by atoms with van der Waals surface area (Å²) in [6, 6.07) is 17.1. The minimum absolute atomic E-state index is 0.0301. The first-order chi connectivity index (χ1) is 17.4. The number of carbonyl (C=O) groups is 1. The lowest BCUT2D eigenvalue weighted by Crippen LogP contribution is -2.37. The number of rotatable bonds is 11. The first kappa shape index (κ1) is 27.8. The Morgan fingerprint density at radius 2 is 1.62 bits per heavy atom. The van der Waals surface area contributed by atoms with E-state index in [9.17, 15) is 21.6 Å². The van der Waals surface area contributed by atoms with Crippen LogP contribution in [-0.2, 0) is 24.8 Å². The van der Waals surface area contributed by atoms with Gasteiger partial charge in [-0.1, -0.05) is 18.2 Å². The lowest BCUT2D eigenvalue weighted by atomic mass is 10.2. The molecule has 1 amide bonds. The van der Waals surface area contributed by atoms with Gasteiger partial charge in [-0.05, 0) is 67.9 Å². The van der Waals surface area contributed by atoms with Gasteiger partial charge in [-0.2, -0.15) is 0 Å². The molecule has 37 heavy (non-hydrogen) atoms. The maximum absolute atomic E-state index is 12.9. The fraction of sp³-hybridized carbons (Fsp3) is 0.240. The Morgan fingerprint density at radius 1 is 0.946 bits per heavy atom. The van der Waals surface area contributed by atoms with Crippen LogP contribution < -0.4 is 23.8 Å². The summed E-state index contributed by atoms with van der Waals surface area (Å²) in [5.74, 6) is 0.0879. The van der Waals surface area contributed by atoms with Crippen molar-refractivity contribution in [3.8, 4) is 11.5 Å². The molecule has 3 aromatic rings. The van der Waals surface area contributed by atoms with Crippen LogP contribution in [0.15, 0.2) is 71.6 Å². The van der Waals surface area contributed by atoms with Crippen LogP contribution in [0.25, 0.3) is 0 Å². The molecule has 0 atom stereocenters. The molecule has 2 N–H and O–H groups in total. The number of carbonyl (C=O) groups excluding carboxylic acids is 1. The summed E-state index contributed by atoms with van der Waals surface area (Å²) in [5, 5.41) is 2.60. The van der Waals surface area contributed by atoms with Crippen LogP contribution in [0.1, 0.15) is 12.5 Å². The van der Waals surface area contributed by atoms with Crippen LogP contribution >= 0.6 is 0 Å². The van der Waals surface area contributed by atoms with Gasteiger partial charge in [-0.15, -0.1) is 0 Å². The molecule has 0 saturated heterocycles. The lowest BCUT2D eigenvalue weighted by Gasteiger charge is -2.24. The number of methoxy groups -OCH3 is 1. The molecule has 0 unspecified atom stereocenters. The van der Waals surface area contributed by atoms with E-state index in [4.69, 9.17) is 9.47 Å². The molecule has 3 aromatic carbocycles. The topological polar surface area (TPSA) is 131 Å². The molecular formula is C25H29N3O7S2. The molecule has 0 aliphatic rings. The van der Waals surface area contributed by atoms with Crippen molar-refractivity contribution >= 4 is 43.0 Å². The number of hydrogen-bond acceptors (Lipinski definition) is 7. The Kier molecular flexibility index (Phi) is 8.66. The van der Waals surface area contributed by atoms with E-state index in [0.717, 1.165) is 16.1 Å². The van der Waals surface area contributed by atoms with Gasteiger partial charge < -0.3 is 14.8 Å². The molecule has 3 rings (SSSR count). The number of sulfonamides is 2. The van der Waals surface area contributed by atoms with E-state index in [-0.39, 0.29) is 10.6 Å². The monoisotopic (exact) mass is 547 g/mol. The Morgan fingerprint density at radius 3 is 2.24 bits per heavy atom. The van der Waals surface area contributed by atoms with Crippen LogP contribution in [0.3, 0.4) is 0 Å². The third-order valence-electron chi connectivity index (χ3n) is 5.17. The third-order valence-corrected chi connectivity index (χ3v) is 7.68. The molecule has 0 fully saturated rings. The van der Waals surface area contributed by atoms with Gasteiger partial charge in [0.1, 0.15) is 18.0 Å². The average molecular weight is 548 g/mol. The number of anilines is 3. The molecule has 10 nitrogen and oxygen atoms in total. The van der Waals surface area contributed by atoms with Gasteiger partial charge in [-0.3, -0.25) is 13.8 Å². The van der Waals surface area contributed by atoms with Crippen molar-refractivity contribution in [3.05, 3.63) is 72.3 Å². The second-order valence-corrected chi connectivity index (χ2v) is 11.6. The van der Waals surface area contributed by atoms with Crippen molar-refractivity contribution in [2.75, 3.05) is 40.9 Å². The highest BCUT2D eigenvalue weighted by molar-refractivity contribution is 7.92. The zero-order valence-electron chi connectivity index (χ0n) is 20.9. The first-order valence-corrected chi connectivity index (χ1v) is 14.5. The van der Waals surface area contributed by atoms with Crippen LogP contribution in [-0.4, -0.2) is 49.3 Å². The van der Waals surface area contributed by atoms with Crippen molar-refractivity contribution in [1.82, 2.24) is 0 Å². The highest BCUT2D eigenvalue weighted by Gasteiger charge is 2.24. The van der Waals surface area contributed by atoms with Crippen LogP contribution in [0.4, 0.5) is 17.1 Å². The Hall–Kier alpha value is -3.77. The van der Waals surface area contributed by atoms with Gasteiger partial charge >= 0.3 is 0 Å².